The molecule has 6 heteroatoms. The zero-order valence-electron chi connectivity index (χ0n) is 12.3. The maximum Gasteiger partial charge on any atom is 0.230 e. The summed E-state index contributed by atoms with van der Waals surface area (Å²) in [6.07, 6.45) is 0.274. The number of rotatable bonds is 5. The molecule has 0 bridgehead atoms. The number of nitrogens with one attached hydrogen (secondary N) is 1. The van der Waals surface area contributed by atoms with E-state index in [1.54, 1.807) is 17.4 Å². The van der Waals surface area contributed by atoms with E-state index in [4.69, 9.17) is 11.6 Å². The van der Waals surface area contributed by atoms with Gasteiger partial charge in [-0.2, -0.15) is 0 Å². The Morgan fingerprint density at radius 2 is 2.19 bits per heavy atom. The van der Waals surface area contributed by atoms with Gasteiger partial charge in [-0.25, -0.2) is 4.98 Å². The Morgan fingerprint density at radius 3 is 2.90 bits per heavy atom. The number of hydrogen-bond acceptors (Lipinski definition) is 4. The van der Waals surface area contributed by atoms with Crippen LogP contribution in [0.3, 0.4) is 0 Å². The number of nitrogens with zero attached hydrogens (tertiary/aromatic N) is 2. The molecule has 0 aliphatic rings. The molecule has 2 rings (SSSR count). The molecule has 0 atom stereocenters. The van der Waals surface area contributed by atoms with Gasteiger partial charge in [0.15, 0.2) is 0 Å². The van der Waals surface area contributed by atoms with Gasteiger partial charge in [0.05, 0.1) is 12.1 Å². The van der Waals surface area contributed by atoms with E-state index in [9.17, 15) is 4.79 Å². The van der Waals surface area contributed by atoms with Gasteiger partial charge in [-0.15, -0.1) is 11.3 Å². The predicted molar refractivity (Wildman–Crippen MR) is 88.0 cm³/mol. The zero-order valence-corrected chi connectivity index (χ0v) is 13.9. The number of benzene rings is 1. The number of hydrogen-bond donors (Lipinski definition) is 1. The summed E-state index contributed by atoms with van der Waals surface area (Å²) < 4.78 is 0. The van der Waals surface area contributed by atoms with Crippen molar-refractivity contribution in [2.24, 2.45) is 0 Å². The van der Waals surface area contributed by atoms with Crippen LogP contribution in [0, 0.1) is 6.92 Å². The highest BCUT2D eigenvalue weighted by molar-refractivity contribution is 7.09. The van der Waals surface area contributed by atoms with Crippen molar-refractivity contribution in [2.45, 2.75) is 19.9 Å². The lowest BCUT2D eigenvalue weighted by molar-refractivity contribution is -0.115. The smallest absolute Gasteiger partial charge is 0.230 e. The Kier molecular flexibility index (Phi) is 5.33. The second-order valence-corrected chi connectivity index (χ2v) is 6.46. The predicted octanol–water partition coefficient (Wildman–Crippen LogP) is 3.35. The molecular formula is C15H18ClN3OS. The molecule has 4 nitrogen and oxygen atoms in total. The maximum absolute atomic E-state index is 12.1. The van der Waals surface area contributed by atoms with Crippen LogP contribution in [-0.2, 0) is 17.8 Å². The lowest BCUT2D eigenvalue weighted by atomic mass is 10.2. The van der Waals surface area contributed by atoms with Crippen LogP contribution < -0.4 is 5.32 Å². The fourth-order valence-corrected chi connectivity index (χ4v) is 2.96. The topological polar surface area (TPSA) is 45.2 Å². The van der Waals surface area contributed by atoms with Crippen molar-refractivity contribution >= 4 is 34.5 Å². The number of aromatic nitrogens is 1. The average Bonchev–Trinajstić information content (AvgIpc) is 2.81. The first-order valence-electron chi connectivity index (χ1n) is 6.58. The van der Waals surface area contributed by atoms with E-state index >= 15 is 0 Å². The van der Waals surface area contributed by atoms with Gasteiger partial charge >= 0.3 is 0 Å². The standard InChI is InChI=1S/C15H18ClN3OS/c1-10-12(16)5-4-6-13(10)18-14(20)7-11-9-21-15(17-11)8-19(2)3/h4-6,9H,7-8H2,1-3H3,(H,18,20). The monoisotopic (exact) mass is 323 g/mol. The van der Waals surface area contributed by atoms with Crippen LogP contribution in [0.4, 0.5) is 5.69 Å². The molecule has 0 fully saturated rings. The van der Waals surface area contributed by atoms with E-state index in [1.165, 1.54) is 0 Å². The van der Waals surface area contributed by atoms with Crippen LogP contribution in [-0.4, -0.2) is 29.9 Å². The molecule has 0 aliphatic heterocycles. The van der Waals surface area contributed by atoms with Crippen molar-refractivity contribution < 1.29 is 4.79 Å². The van der Waals surface area contributed by atoms with Crippen molar-refractivity contribution in [3.63, 3.8) is 0 Å². The lowest BCUT2D eigenvalue weighted by Gasteiger charge is -2.08. The number of carbonyl (C=O) groups excluding carboxylic acids is 1. The quantitative estimate of drug-likeness (QED) is 0.917. The molecule has 21 heavy (non-hydrogen) atoms. The Labute approximate surface area is 133 Å². The first-order valence-corrected chi connectivity index (χ1v) is 7.84. The van der Waals surface area contributed by atoms with Crippen molar-refractivity contribution in [3.8, 4) is 0 Å². The molecule has 1 N–H and O–H groups in total. The number of anilines is 1. The van der Waals surface area contributed by atoms with Gasteiger partial charge in [-0.1, -0.05) is 17.7 Å². The second kappa shape index (κ2) is 7.02. The van der Waals surface area contributed by atoms with Crippen LogP contribution in [0.25, 0.3) is 0 Å². The van der Waals surface area contributed by atoms with Gasteiger partial charge in [0.1, 0.15) is 5.01 Å². The molecule has 2 aromatic rings. The average molecular weight is 324 g/mol. The highest BCUT2D eigenvalue weighted by atomic mass is 35.5. The largest absolute Gasteiger partial charge is 0.325 e. The number of halogens is 1. The number of thiazole rings is 1. The fraction of sp³-hybridized carbons (Fsp3) is 0.333. The van der Waals surface area contributed by atoms with E-state index in [0.717, 1.165) is 28.5 Å². The van der Waals surface area contributed by atoms with E-state index in [2.05, 4.69) is 15.2 Å². The molecule has 1 amide bonds. The molecular weight excluding hydrogens is 306 g/mol. The first-order chi connectivity index (χ1) is 9.95. The molecule has 1 heterocycles. The molecule has 0 aliphatic carbocycles. The van der Waals surface area contributed by atoms with Crippen molar-refractivity contribution in [2.75, 3.05) is 19.4 Å². The summed E-state index contributed by atoms with van der Waals surface area (Å²) in [7, 11) is 3.99. The summed E-state index contributed by atoms with van der Waals surface area (Å²) in [4.78, 5) is 18.6. The molecule has 1 aromatic carbocycles. The number of amides is 1. The first kappa shape index (κ1) is 15.9. The third kappa shape index (κ3) is 4.52. The third-order valence-corrected chi connectivity index (χ3v) is 4.23. The summed E-state index contributed by atoms with van der Waals surface area (Å²) in [5.74, 6) is -0.0814. The van der Waals surface area contributed by atoms with E-state index in [-0.39, 0.29) is 12.3 Å². The van der Waals surface area contributed by atoms with Crippen molar-refractivity contribution in [1.29, 1.82) is 0 Å². The Bertz CT molecular complexity index is 640. The van der Waals surface area contributed by atoms with Crippen LogP contribution in [0.5, 0.6) is 0 Å². The minimum atomic E-state index is -0.0814. The summed E-state index contributed by atoms with van der Waals surface area (Å²) in [6.45, 7) is 2.68. The van der Waals surface area contributed by atoms with Gasteiger partial charge in [0, 0.05) is 22.6 Å². The Balaban J connectivity index is 1.98. The van der Waals surface area contributed by atoms with Crippen LogP contribution in [0.2, 0.25) is 5.02 Å². The molecule has 0 saturated heterocycles. The number of carbonyl (C=O) groups is 1. The van der Waals surface area contributed by atoms with Crippen molar-refractivity contribution in [3.05, 3.63) is 44.9 Å². The van der Waals surface area contributed by atoms with E-state index in [1.807, 2.05) is 38.5 Å². The minimum Gasteiger partial charge on any atom is -0.325 e. The SMILES string of the molecule is Cc1c(Cl)cccc1NC(=O)Cc1csc(CN(C)C)n1. The maximum atomic E-state index is 12.1. The van der Waals surface area contributed by atoms with Gasteiger partial charge in [-0.05, 0) is 38.7 Å². The van der Waals surface area contributed by atoms with Crippen LogP contribution in [0.15, 0.2) is 23.6 Å². The lowest BCUT2D eigenvalue weighted by Crippen LogP contribution is -2.15. The van der Waals surface area contributed by atoms with Crippen LogP contribution in [0.1, 0.15) is 16.3 Å². The molecule has 0 unspecified atom stereocenters. The van der Waals surface area contributed by atoms with Gasteiger partial charge in [-0.3, -0.25) is 4.79 Å². The summed E-state index contributed by atoms with van der Waals surface area (Å²) >= 11 is 7.62. The minimum absolute atomic E-state index is 0.0814. The highest BCUT2D eigenvalue weighted by Crippen LogP contribution is 2.23. The van der Waals surface area contributed by atoms with E-state index < -0.39 is 0 Å². The zero-order chi connectivity index (χ0) is 15.4. The summed E-state index contributed by atoms with van der Waals surface area (Å²) in [5.41, 5.74) is 2.42. The van der Waals surface area contributed by atoms with Crippen molar-refractivity contribution in [1.82, 2.24) is 9.88 Å². The third-order valence-electron chi connectivity index (χ3n) is 2.93. The second-order valence-electron chi connectivity index (χ2n) is 5.11. The van der Waals surface area contributed by atoms with Gasteiger partial charge in [0.25, 0.3) is 0 Å². The molecule has 0 spiro atoms. The summed E-state index contributed by atoms with van der Waals surface area (Å²) in [6, 6.07) is 5.47. The molecule has 1 aromatic heterocycles. The highest BCUT2D eigenvalue weighted by Gasteiger charge is 2.10. The Hall–Kier alpha value is -1.43. The summed E-state index contributed by atoms with van der Waals surface area (Å²) in [5, 5.41) is 6.48. The molecule has 0 saturated carbocycles. The Morgan fingerprint density at radius 1 is 1.43 bits per heavy atom. The van der Waals surface area contributed by atoms with Gasteiger partial charge < -0.3 is 10.2 Å². The van der Waals surface area contributed by atoms with Crippen LogP contribution >= 0.6 is 22.9 Å². The van der Waals surface area contributed by atoms with Gasteiger partial charge in [0.2, 0.25) is 5.91 Å². The normalized spacial score (nSPS) is 10.9. The molecule has 0 radical (unpaired) electrons. The van der Waals surface area contributed by atoms with E-state index in [0.29, 0.717) is 5.02 Å². The molecule has 112 valence electrons. The fourth-order valence-electron chi connectivity index (χ4n) is 1.88.